The Balaban J connectivity index is 2.36. The number of hydrogen-bond acceptors (Lipinski definition) is 4. The van der Waals surface area contributed by atoms with E-state index in [0.717, 1.165) is 12.8 Å². The molecule has 7 heteroatoms. The summed E-state index contributed by atoms with van der Waals surface area (Å²) in [6.45, 7) is 2.60. The lowest BCUT2D eigenvalue weighted by molar-refractivity contribution is 0.0970. The van der Waals surface area contributed by atoms with Crippen LogP contribution in [0.1, 0.15) is 43.1 Å². The predicted octanol–water partition coefficient (Wildman–Crippen LogP) is 2.21. The van der Waals surface area contributed by atoms with Crippen molar-refractivity contribution in [3.63, 3.8) is 0 Å². The molecule has 1 atom stereocenters. The summed E-state index contributed by atoms with van der Waals surface area (Å²) >= 11 is 3.29. The molecule has 1 aliphatic heterocycles. The lowest BCUT2D eigenvalue weighted by atomic mass is 10.1. The van der Waals surface area contributed by atoms with E-state index in [2.05, 4.69) is 21.0 Å². The molecule has 1 aliphatic rings. The van der Waals surface area contributed by atoms with Crippen molar-refractivity contribution in [1.29, 1.82) is 0 Å². The molecule has 0 saturated carbocycles. The zero-order valence-electron chi connectivity index (χ0n) is 10.8. The second-order valence-corrected chi connectivity index (χ2v) is 7.94. The molecule has 2 rings (SSSR count). The minimum atomic E-state index is -3.31. The van der Waals surface area contributed by atoms with Crippen LogP contribution < -0.4 is 0 Å². The SMILES string of the molecule is CCCn1ncc(Br)c1C(=O)C1CCCCS1(=O)=O. The zero-order chi connectivity index (χ0) is 14.0. The maximum atomic E-state index is 12.5. The third-order valence-electron chi connectivity index (χ3n) is 3.33. The van der Waals surface area contributed by atoms with Crippen LogP contribution >= 0.6 is 15.9 Å². The molecule has 0 aliphatic carbocycles. The number of carbonyl (C=O) groups is 1. The van der Waals surface area contributed by atoms with Gasteiger partial charge in [0.05, 0.1) is 16.4 Å². The van der Waals surface area contributed by atoms with Gasteiger partial charge in [0.2, 0.25) is 0 Å². The number of halogens is 1. The topological polar surface area (TPSA) is 69.0 Å². The summed E-state index contributed by atoms with van der Waals surface area (Å²) in [4.78, 5) is 12.5. The van der Waals surface area contributed by atoms with Gasteiger partial charge in [0.1, 0.15) is 10.9 Å². The quantitative estimate of drug-likeness (QED) is 0.782. The highest BCUT2D eigenvalue weighted by Gasteiger charge is 2.37. The predicted molar refractivity (Wildman–Crippen MR) is 76.0 cm³/mol. The summed E-state index contributed by atoms with van der Waals surface area (Å²) in [5, 5.41) is 3.22. The van der Waals surface area contributed by atoms with Crippen LogP contribution in [0.3, 0.4) is 0 Å². The van der Waals surface area contributed by atoms with Crippen LogP contribution in [0.5, 0.6) is 0 Å². The zero-order valence-corrected chi connectivity index (χ0v) is 13.2. The van der Waals surface area contributed by atoms with Crippen molar-refractivity contribution in [2.24, 2.45) is 0 Å². The van der Waals surface area contributed by atoms with Crippen LogP contribution in [0.15, 0.2) is 10.7 Å². The molecule has 1 fully saturated rings. The molecule has 5 nitrogen and oxygen atoms in total. The molecule has 1 aromatic rings. The molecule has 0 bridgehead atoms. The van der Waals surface area contributed by atoms with Gasteiger partial charge >= 0.3 is 0 Å². The Kier molecular flexibility index (Phi) is 4.45. The Morgan fingerprint density at radius 3 is 2.89 bits per heavy atom. The summed E-state index contributed by atoms with van der Waals surface area (Å²) in [7, 11) is -3.31. The Hall–Kier alpha value is -0.690. The van der Waals surface area contributed by atoms with E-state index in [1.807, 2.05) is 6.92 Å². The van der Waals surface area contributed by atoms with Crippen molar-refractivity contribution in [1.82, 2.24) is 9.78 Å². The van der Waals surface area contributed by atoms with Gasteiger partial charge in [0, 0.05) is 6.54 Å². The molecule has 0 spiro atoms. The second kappa shape index (κ2) is 5.75. The van der Waals surface area contributed by atoms with Gasteiger partial charge in [-0.05, 0) is 35.2 Å². The van der Waals surface area contributed by atoms with Crippen molar-refractivity contribution in [2.75, 3.05) is 5.75 Å². The minimum absolute atomic E-state index is 0.114. The monoisotopic (exact) mass is 348 g/mol. The van der Waals surface area contributed by atoms with Crippen LogP contribution in [0, 0.1) is 0 Å². The summed E-state index contributed by atoms with van der Waals surface area (Å²) < 4.78 is 26.2. The number of sulfone groups is 1. The standard InChI is InChI=1S/C12H17BrN2O3S/c1-2-6-15-11(9(13)8-14-15)12(16)10-5-3-4-7-19(10,17)18/h8,10H,2-7H2,1H3. The molecule has 19 heavy (non-hydrogen) atoms. The molecule has 1 aromatic heterocycles. The first-order valence-corrected chi connectivity index (χ1v) is 8.95. The number of nitrogens with zero attached hydrogens (tertiary/aromatic N) is 2. The summed E-state index contributed by atoms with van der Waals surface area (Å²) in [5.41, 5.74) is 0.386. The number of carbonyl (C=O) groups excluding carboxylic acids is 1. The normalized spacial score (nSPS) is 22.3. The van der Waals surface area contributed by atoms with E-state index in [1.165, 1.54) is 0 Å². The van der Waals surface area contributed by atoms with E-state index >= 15 is 0 Å². The van der Waals surface area contributed by atoms with E-state index in [1.54, 1.807) is 10.9 Å². The highest BCUT2D eigenvalue weighted by atomic mass is 79.9. The average Bonchev–Trinajstić information content (AvgIpc) is 2.70. The summed E-state index contributed by atoms with van der Waals surface area (Å²) in [6, 6.07) is 0. The molecule has 1 saturated heterocycles. The first-order chi connectivity index (χ1) is 8.97. The van der Waals surface area contributed by atoms with Crippen molar-refractivity contribution in [2.45, 2.75) is 44.4 Å². The molecule has 2 heterocycles. The lowest BCUT2D eigenvalue weighted by Gasteiger charge is -2.21. The van der Waals surface area contributed by atoms with Gasteiger partial charge in [0.25, 0.3) is 0 Å². The van der Waals surface area contributed by atoms with Crippen molar-refractivity contribution < 1.29 is 13.2 Å². The first kappa shape index (κ1) is 14.7. The van der Waals surface area contributed by atoms with Gasteiger partial charge in [-0.15, -0.1) is 0 Å². The van der Waals surface area contributed by atoms with Crippen LogP contribution in [0.25, 0.3) is 0 Å². The van der Waals surface area contributed by atoms with Crippen molar-refractivity contribution in [3.8, 4) is 0 Å². The molecule has 106 valence electrons. The van der Waals surface area contributed by atoms with E-state index in [0.29, 0.717) is 29.6 Å². The second-order valence-electron chi connectivity index (χ2n) is 4.78. The highest BCUT2D eigenvalue weighted by Crippen LogP contribution is 2.26. The van der Waals surface area contributed by atoms with Crippen molar-refractivity contribution >= 4 is 31.6 Å². The van der Waals surface area contributed by atoms with E-state index in [4.69, 9.17) is 0 Å². The largest absolute Gasteiger partial charge is 0.291 e. The fourth-order valence-electron chi connectivity index (χ4n) is 2.39. The lowest BCUT2D eigenvalue weighted by Crippen LogP contribution is -2.36. The Labute approximate surface area is 121 Å². The van der Waals surface area contributed by atoms with Gasteiger partial charge in [-0.1, -0.05) is 13.3 Å². The van der Waals surface area contributed by atoms with Gasteiger partial charge in [-0.3, -0.25) is 9.48 Å². The fraction of sp³-hybridized carbons (Fsp3) is 0.667. The first-order valence-electron chi connectivity index (χ1n) is 6.44. The molecule has 1 unspecified atom stereocenters. The van der Waals surface area contributed by atoms with E-state index < -0.39 is 15.1 Å². The Morgan fingerprint density at radius 2 is 2.26 bits per heavy atom. The number of aryl methyl sites for hydroxylation is 1. The van der Waals surface area contributed by atoms with Gasteiger partial charge in [-0.25, -0.2) is 8.42 Å². The molecular weight excluding hydrogens is 332 g/mol. The Morgan fingerprint density at radius 1 is 1.53 bits per heavy atom. The summed E-state index contributed by atoms with van der Waals surface area (Å²) in [5.74, 6) is -0.208. The number of rotatable bonds is 4. The molecule has 0 amide bonds. The summed E-state index contributed by atoms with van der Waals surface area (Å²) in [6.07, 6.45) is 4.26. The van der Waals surface area contributed by atoms with Crippen LogP contribution in [0.4, 0.5) is 0 Å². The van der Waals surface area contributed by atoms with Gasteiger partial charge in [0.15, 0.2) is 15.6 Å². The third-order valence-corrected chi connectivity index (χ3v) is 6.09. The maximum Gasteiger partial charge on any atom is 0.200 e. The molecule has 0 N–H and O–H groups in total. The van der Waals surface area contributed by atoms with Gasteiger partial charge < -0.3 is 0 Å². The van der Waals surface area contributed by atoms with Gasteiger partial charge in [-0.2, -0.15) is 5.10 Å². The number of ketones is 1. The van der Waals surface area contributed by atoms with Crippen LogP contribution in [-0.4, -0.2) is 35.0 Å². The van der Waals surface area contributed by atoms with Crippen LogP contribution in [-0.2, 0) is 16.4 Å². The van der Waals surface area contributed by atoms with Crippen LogP contribution in [0.2, 0.25) is 0 Å². The third kappa shape index (κ3) is 2.91. The molecule has 0 radical (unpaired) electrons. The molecule has 0 aromatic carbocycles. The fourth-order valence-corrected chi connectivity index (χ4v) is 4.74. The molecular formula is C12H17BrN2O3S. The minimum Gasteiger partial charge on any atom is -0.291 e. The van der Waals surface area contributed by atoms with Crippen molar-refractivity contribution in [3.05, 3.63) is 16.4 Å². The number of Topliss-reactive ketones (excluding diaryl/α,β-unsaturated/α-hetero) is 1. The van der Waals surface area contributed by atoms with E-state index in [-0.39, 0.29) is 11.5 Å². The smallest absolute Gasteiger partial charge is 0.200 e. The average molecular weight is 349 g/mol. The maximum absolute atomic E-state index is 12.5. The Bertz CT molecular complexity index is 580. The highest BCUT2D eigenvalue weighted by molar-refractivity contribution is 9.10. The van der Waals surface area contributed by atoms with E-state index in [9.17, 15) is 13.2 Å². The number of hydrogen-bond donors (Lipinski definition) is 0. The number of aromatic nitrogens is 2.